The van der Waals surface area contributed by atoms with E-state index in [0.717, 1.165) is 4.88 Å². The van der Waals surface area contributed by atoms with Gasteiger partial charge in [0.05, 0.1) is 12.5 Å². The number of aliphatic hydroxyl groups excluding tert-OH is 1. The van der Waals surface area contributed by atoms with Crippen molar-refractivity contribution in [2.45, 2.75) is 25.5 Å². The lowest BCUT2D eigenvalue weighted by Crippen LogP contribution is -2.44. The molecule has 0 aliphatic heterocycles. The summed E-state index contributed by atoms with van der Waals surface area (Å²) in [6.07, 6.45) is -0.225. The summed E-state index contributed by atoms with van der Waals surface area (Å²) in [5.74, 6) is -0.0615. The molecule has 0 spiro atoms. The highest BCUT2D eigenvalue weighted by Crippen LogP contribution is 2.08. The van der Waals surface area contributed by atoms with Crippen molar-refractivity contribution in [2.24, 2.45) is 5.73 Å². The first-order valence-corrected chi connectivity index (χ1v) is 5.70. The average Bonchev–Trinajstić information content (AvgIpc) is 2.66. The van der Waals surface area contributed by atoms with Gasteiger partial charge in [-0.15, -0.1) is 11.3 Å². The van der Waals surface area contributed by atoms with Gasteiger partial charge < -0.3 is 16.2 Å². The zero-order valence-electron chi connectivity index (χ0n) is 8.64. The number of aliphatic hydroxyl groups is 1. The smallest absolute Gasteiger partial charge is 0.225 e. The summed E-state index contributed by atoms with van der Waals surface area (Å²) >= 11 is 1.55. The van der Waals surface area contributed by atoms with Crippen LogP contribution in [0, 0.1) is 0 Å². The van der Waals surface area contributed by atoms with E-state index in [0.29, 0.717) is 13.0 Å². The van der Waals surface area contributed by atoms with Crippen molar-refractivity contribution in [3.63, 3.8) is 0 Å². The van der Waals surface area contributed by atoms with Crippen LogP contribution in [0.2, 0.25) is 0 Å². The first kappa shape index (κ1) is 12.2. The molecule has 0 bridgehead atoms. The number of carbonyl (C=O) groups excluding carboxylic acids is 1. The molecule has 0 aromatic carbocycles. The summed E-state index contributed by atoms with van der Waals surface area (Å²) in [5.41, 5.74) is 5.58. The minimum atomic E-state index is -0.605. The normalized spacial score (nSPS) is 14.6. The molecule has 5 heteroatoms. The highest BCUT2D eigenvalue weighted by molar-refractivity contribution is 7.10. The van der Waals surface area contributed by atoms with E-state index in [1.54, 1.807) is 18.3 Å². The minimum absolute atomic E-state index is 0.0615. The molecule has 0 aliphatic rings. The summed E-state index contributed by atoms with van der Waals surface area (Å²) in [7, 11) is 0. The van der Waals surface area contributed by atoms with Gasteiger partial charge >= 0.3 is 0 Å². The van der Waals surface area contributed by atoms with Crippen molar-refractivity contribution in [3.8, 4) is 0 Å². The predicted octanol–water partition coefficient (Wildman–Crippen LogP) is 0.115. The monoisotopic (exact) mass is 228 g/mol. The molecule has 15 heavy (non-hydrogen) atoms. The fourth-order valence-corrected chi connectivity index (χ4v) is 1.74. The minimum Gasteiger partial charge on any atom is -0.392 e. The molecule has 0 radical (unpaired) electrons. The van der Waals surface area contributed by atoms with E-state index in [4.69, 9.17) is 10.8 Å². The number of amides is 1. The van der Waals surface area contributed by atoms with Gasteiger partial charge in [0, 0.05) is 17.5 Å². The lowest BCUT2D eigenvalue weighted by Gasteiger charge is -2.14. The van der Waals surface area contributed by atoms with Crippen LogP contribution in [0.15, 0.2) is 17.5 Å². The van der Waals surface area contributed by atoms with Gasteiger partial charge in [0.1, 0.15) is 0 Å². The van der Waals surface area contributed by atoms with Crippen LogP contribution in [-0.4, -0.2) is 29.7 Å². The molecule has 0 aliphatic carbocycles. The largest absolute Gasteiger partial charge is 0.392 e. The average molecular weight is 228 g/mol. The molecule has 0 saturated carbocycles. The highest BCUT2D eigenvalue weighted by Gasteiger charge is 2.11. The van der Waals surface area contributed by atoms with Gasteiger partial charge in [-0.05, 0) is 18.4 Å². The Morgan fingerprint density at radius 1 is 1.73 bits per heavy atom. The second kappa shape index (κ2) is 5.85. The van der Waals surface area contributed by atoms with Crippen LogP contribution in [0.25, 0.3) is 0 Å². The first-order valence-electron chi connectivity index (χ1n) is 4.82. The van der Waals surface area contributed by atoms with Crippen LogP contribution >= 0.6 is 11.3 Å². The van der Waals surface area contributed by atoms with E-state index < -0.39 is 12.1 Å². The standard InChI is InChI=1S/C10H16N2O2S/c1-7(13)9(11)6-12-10(14)5-8-3-2-4-15-8/h2-4,7,9,13H,5-6,11H2,1H3,(H,12,14). The summed E-state index contributed by atoms with van der Waals surface area (Å²) in [6, 6.07) is 3.42. The molecule has 1 aromatic heterocycles. The van der Waals surface area contributed by atoms with Gasteiger partial charge in [-0.2, -0.15) is 0 Å². The van der Waals surface area contributed by atoms with Gasteiger partial charge in [0.25, 0.3) is 0 Å². The van der Waals surface area contributed by atoms with E-state index >= 15 is 0 Å². The topological polar surface area (TPSA) is 75.3 Å². The lowest BCUT2D eigenvalue weighted by atomic mass is 10.2. The molecule has 1 rings (SSSR count). The maximum absolute atomic E-state index is 11.4. The molecule has 2 atom stereocenters. The van der Waals surface area contributed by atoms with Gasteiger partial charge in [-0.3, -0.25) is 4.79 Å². The predicted molar refractivity (Wildman–Crippen MR) is 60.7 cm³/mol. The molecule has 4 N–H and O–H groups in total. The number of nitrogens with one attached hydrogen (secondary N) is 1. The molecule has 1 aromatic rings. The Morgan fingerprint density at radius 3 is 3.00 bits per heavy atom. The third-order valence-electron chi connectivity index (χ3n) is 2.07. The maximum atomic E-state index is 11.4. The van der Waals surface area contributed by atoms with Gasteiger partial charge in [0.15, 0.2) is 0 Å². The molecule has 1 amide bonds. The van der Waals surface area contributed by atoms with Crippen molar-refractivity contribution >= 4 is 17.2 Å². The molecule has 0 saturated heterocycles. The Bertz CT molecular complexity index is 298. The Labute approximate surface area is 93.1 Å². The fourth-order valence-electron chi connectivity index (χ4n) is 1.04. The van der Waals surface area contributed by atoms with Crippen molar-refractivity contribution in [2.75, 3.05) is 6.54 Å². The van der Waals surface area contributed by atoms with Crippen LogP contribution in [0.3, 0.4) is 0 Å². The quantitative estimate of drug-likeness (QED) is 0.670. The number of hydrogen-bond donors (Lipinski definition) is 3. The van der Waals surface area contributed by atoms with Crippen LogP contribution in [-0.2, 0) is 11.2 Å². The maximum Gasteiger partial charge on any atom is 0.225 e. The molecule has 1 heterocycles. The number of carbonyl (C=O) groups is 1. The van der Waals surface area contributed by atoms with Crippen molar-refractivity contribution in [1.82, 2.24) is 5.32 Å². The number of thiophene rings is 1. The third kappa shape index (κ3) is 4.42. The summed E-state index contributed by atoms with van der Waals surface area (Å²) < 4.78 is 0. The summed E-state index contributed by atoms with van der Waals surface area (Å²) in [5, 5.41) is 13.7. The van der Waals surface area contributed by atoms with Crippen LogP contribution in [0.5, 0.6) is 0 Å². The van der Waals surface area contributed by atoms with Crippen molar-refractivity contribution in [3.05, 3.63) is 22.4 Å². The van der Waals surface area contributed by atoms with Crippen molar-refractivity contribution < 1.29 is 9.90 Å². The van der Waals surface area contributed by atoms with E-state index in [-0.39, 0.29) is 5.91 Å². The second-order valence-electron chi connectivity index (χ2n) is 3.46. The SMILES string of the molecule is CC(O)C(N)CNC(=O)Cc1cccs1. The third-order valence-corrected chi connectivity index (χ3v) is 2.95. The van der Waals surface area contributed by atoms with Crippen LogP contribution in [0.1, 0.15) is 11.8 Å². The Morgan fingerprint density at radius 2 is 2.47 bits per heavy atom. The lowest BCUT2D eigenvalue weighted by molar-refractivity contribution is -0.120. The Kier molecular flexibility index (Phi) is 4.74. The van der Waals surface area contributed by atoms with Gasteiger partial charge in [-0.25, -0.2) is 0 Å². The Balaban J connectivity index is 2.25. The highest BCUT2D eigenvalue weighted by atomic mass is 32.1. The van der Waals surface area contributed by atoms with E-state index in [1.807, 2.05) is 17.5 Å². The molecule has 4 nitrogen and oxygen atoms in total. The first-order chi connectivity index (χ1) is 7.09. The van der Waals surface area contributed by atoms with Gasteiger partial charge in [-0.1, -0.05) is 6.07 Å². The molecular formula is C10H16N2O2S. The summed E-state index contributed by atoms with van der Waals surface area (Å²) in [6.45, 7) is 1.91. The summed E-state index contributed by atoms with van der Waals surface area (Å²) in [4.78, 5) is 12.4. The second-order valence-corrected chi connectivity index (χ2v) is 4.50. The fraction of sp³-hybridized carbons (Fsp3) is 0.500. The van der Waals surface area contributed by atoms with Crippen LogP contribution < -0.4 is 11.1 Å². The van der Waals surface area contributed by atoms with Gasteiger partial charge in [0.2, 0.25) is 5.91 Å². The molecular weight excluding hydrogens is 212 g/mol. The molecule has 0 fully saturated rings. The Hall–Kier alpha value is -0.910. The van der Waals surface area contributed by atoms with Crippen molar-refractivity contribution in [1.29, 1.82) is 0 Å². The number of hydrogen-bond acceptors (Lipinski definition) is 4. The zero-order valence-corrected chi connectivity index (χ0v) is 9.46. The zero-order chi connectivity index (χ0) is 11.3. The van der Waals surface area contributed by atoms with E-state index in [9.17, 15) is 4.79 Å². The van der Waals surface area contributed by atoms with E-state index in [1.165, 1.54) is 0 Å². The van der Waals surface area contributed by atoms with Crippen LogP contribution in [0.4, 0.5) is 0 Å². The molecule has 84 valence electrons. The number of nitrogens with two attached hydrogens (primary N) is 1. The number of rotatable bonds is 5. The van der Waals surface area contributed by atoms with E-state index in [2.05, 4.69) is 5.32 Å². The molecule has 2 unspecified atom stereocenters.